The maximum atomic E-state index is 9.75. The first-order valence-corrected chi connectivity index (χ1v) is 6.83. The Hall–Kier alpha value is -2.46. The number of benzene rings is 2. The standard InChI is InChI=1S/C17H16N2O2/c1-11-7-6-10-14-15(11)17(21-16(19-14)12(2)20)18-13-8-4-3-5-9-13/h3-10,12,20H,1-2H3/b18-17-/t12-/m0/s1. The van der Waals surface area contributed by atoms with E-state index >= 15 is 0 Å². The molecule has 4 nitrogen and oxygen atoms in total. The zero-order chi connectivity index (χ0) is 14.8. The van der Waals surface area contributed by atoms with Crippen LogP contribution in [0.25, 0.3) is 10.9 Å². The summed E-state index contributed by atoms with van der Waals surface area (Å²) in [5.41, 5.74) is 3.08. The van der Waals surface area contributed by atoms with Crippen molar-refractivity contribution >= 4 is 16.6 Å². The van der Waals surface area contributed by atoms with Gasteiger partial charge in [0.05, 0.1) is 16.6 Å². The SMILES string of the molecule is Cc1cccc2nc([C@H](C)O)o/c(=N\c3ccccc3)c12. The number of aliphatic hydroxyl groups is 1. The van der Waals surface area contributed by atoms with Crippen LogP contribution in [-0.4, -0.2) is 10.1 Å². The number of para-hydroxylation sites is 1. The van der Waals surface area contributed by atoms with Crippen molar-refractivity contribution < 1.29 is 9.52 Å². The van der Waals surface area contributed by atoms with Gasteiger partial charge >= 0.3 is 0 Å². The third-order valence-corrected chi connectivity index (χ3v) is 3.24. The molecule has 0 unspecified atom stereocenters. The Morgan fingerprint density at radius 1 is 1.10 bits per heavy atom. The number of hydrogen-bond acceptors (Lipinski definition) is 4. The zero-order valence-corrected chi connectivity index (χ0v) is 11.9. The Morgan fingerprint density at radius 2 is 1.86 bits per heavy atom. The molecular formula is C17H16N2O2. The van der Waals surface area contributed by atoms with Gasteiger partial charge in [-0.05, 0) is 37.6 Å². The molecule has 0 amide bonds. The van der Waals surface area contributed by atoms with Gasteiger partial charge in [-0.2, -0.15) is 0 Å². The van der Waals surface area contributed by atoms with E-state index in [2.05, 4.69) is 9.98 Å². The topological polar surface area (TPSA) is 58.6 Å². The van der Waals surface area contributed by atoms with Crippen molar-refractivity contribution in [1.82, 2.24) is 4.98 Å². The predicted molar refractivity (Wildman–Crippen MR) is 81.0 cm³/mol. The number of nitrogens with zero attached hydrogens (tertiary/aromatic N) is 2. The van der Waals surface area contributed by atoms with Gasteiger partial charge in [-0.1, -0.05) is 30.3 Å². The van der Waals surface area contributed by atoms with Crippen LogP contribution in [0.2, 0.25) is 0 Å². The third kappa shape index (κ3) is 2.71. The summed E-state index contributed by atoms with van der Waals surface area (Å²) in [5.74, 6) is 0.266. The number of aromatic nitrogens is 1. The number of rotatable bonds is 2. The number of aliphatic hydroxyl groups excluding tert-OH is 1. The number of aryl methyl sites for hydroxylation is 1. The maximum Gasteiger partial charge on any atom is 0.231 e. The summed E-state index contributed by atoms with van der Waals surface area (Å²) >= 11 is 0. The predicted octanol–water partition coefficient (Wildman–Crippen LogP) is 3.42. The van der Waals surface area contributed by atoms with Crippen LogP contribution in [0.3, 0.4) is 0 Å². The third-order valence-electron chi connectivity index (χ3n) is 3.24. The first-order chi connectivity index (χ1) is 10.1. The van der Waals surface area contributed by atoms with Crippen molar-refractivity contribution in [2.24, 2.45) is 4.99 Å². The van der Waals surface area contributed by atoms with Crippen LogP contribution in [-0.2, 0) is 0 Å². The summed E-state index contributed by atoms with van der Waals surface area (Å²) < 4.78 is 5.71. The summed E-state index contributed by atoms with van der Waals surface area (Å²) in [4.78, 5) is 8.92. The number of fused-ring (bicyclic) bond motifs is 1. The van der Waals surface area contributed by atoms with Gasteiger partial charge in [0.15, 0.2) is 0 Å². The normalized spacial score (nSPS) is 13.6. The molecule has 1 aromatic heterocycles. The van der Waals surface area contributed by atoms with Crippen molar-refractivity contribution in [1.29, 1.82) is 0 Å². The number of hydrogen-bond donors (Lipinski definition) is 1. The summed E-state index contributed by atoms with van der Waals surface area (Å²) in [6.45, 7) is 3.62. The molecule has 0 fully saturated rings. The van der Waals surface area contributed by atoms with Crippen LogP contribution in [0.15, 0.2) is 57.9 Å². The molecule has 2 aromatic carbocycles. The molecule has 3 aromatic rings. The summed E-state index contributed by atoms with van der Waals surface area (Å²) in [5, 5.41) is 10.6. The molecular weight excluding hydrogens is 264 g/mol. The van der Waals surface area contributed by atoms with Crippen LogP contribution in [0, 0.1) is 6.92 Å². The molecule has 0 saturated heterocycles. The minimum atomic E-state index is -0.778. The summed E-state index contributed by atoms with van der Waals surface area (Å²) in [7, 11) is 0. The second-order valence-electron chi connectivity index (χ2n) is 4.95. The second kappa shape index (κ2) is 5.50. The quantitative estimate of drug-likeness (QED) is 0.782. The minimum absolute atomic E-state index is 0.266. The monoisotopic (exact) mass is 280 g/mol. The average molecular weight is 280 g/mol. The first-order valence-electron chi connectivity index (χ1n) is 6.83. The van der Waals surface area contributed by atoms with Gasteiger partial charge in [-0.3, -0.25) is 0 Å². The Balaban J connectivity index is 2.36. The largest absolute Gasteiger partial charge is 0.421 e. The van der Waals surface area contributed by atoms with Crippen molar-refractivity contribution in [3.05, 3.63) is 65.5 Å². The maximum absolute atomic E-state index is 9.75. The molecule has 3 rings (SSSR count). The van der Waals surface area contributed by atoms with E-state index < -0.39 is 6.10 Å². The van der Waals surface area contributed by atoms with Gasteiger partial charge in [0, 0.05) is 0 Å². The van der Waals surface area contributed by atoms with Gasteiger partial charge in [-0.25, -0.2) is 9.98 Å². The van der Waals surface area contributed by atoms with Crippen molar-refractivity contribution in [3.63, 3.8) is 0 Å². The van der Waals surface area contributed by atoms with Gasteiger partial charge in [0.25, 0.3) is 0 Å². The van der Waals surface area contributed by atoms with Crippen molar-refractivity contribution in [2.45, 2.75) is 20.0 Å². The molecule has 0 radical (unpaired) electrons. The molecule has 0 bridgehead atoms. The summed E-state index contributed by atoms with van der Waals surface area (Å²) in [6.07, 6.45) is -0.778. The molecule has 1 N–H and O–H groups in total. The fourth-order valence-corrected chi connectivity index (χ4v) is 2.19. The van der Waals surface area contributed by atoms with Crippen LogP contribution >= 0.6 is 0 Å². The van der Waals surface area contributed by atoms with Crippen LogP contribution < -0.4 is 5.55 Å². The molecule has 106 valence electrons. The average Bonchev–Trinajstić information content (AvgIpc) is 2.48. The Kier molecular flexibility index (Phi) is 3.54. The smallest absolute Gasteiger partial charge is 0.231 e. The molecule has 0 aliphatic carbocycles. The lowest BCUT2D eigenvalue weighted by molar-refractivity contribution is 0.156. The van der Waals surface area contributed by atoms with Gasteiger partial charge in [0.2, 0.25) is 11.4 Å². The Morgan fingerprint density at radius 3 is 2.57 bits per heavy atom. The Bertz CT molecular complexity index is 836. The summed E-state index contributed by atoms with van der Waals surface area (Å²) in [6, 6.07) is 15.4. The van der Waals surface area contributed by atoms with E-state index in [-0.39, 0.29) is 5.89 Å². The fourth-order valence-electron chi connectivity index (χ4n) is 2.19. The van der Waals surface area contributed by atoms with Crippen LogP contribution in [0.5, 0.6) is 0 Å². The molecule has 4 heteroatoms. The lowest BCUT2D eigenvalue weighted by Gasteiger charge is -2.07. The van der Waals surface area contributed by atoms with Crippen molar-refractivity contribution in [2.75, 3.05) is 0 Å². The van der Waals surface area contributed by atoms with Crippen LogP contribution in [0.4, 0.5) is 5.69 Å². The first kappa shape index (κ1) is 13.5. The van der Waals surface area contributed by atoms with E-state index in [0.29, 0.717) is 5.55 Å². The van der Waals surface area contributed by atoms with Crippen molar-refractivity contribution in [3.8, 4) is 0 Å². The second-order valence-corrected chi connectivity index (χ2v) is 4.95. The highest BCUT2D eigenvalue weighted by Crippen LogP contribution is 2.17. The van der Waals surface area contributed by atoms with E-state index in [1.54, 1.807) is 6.92 Å². The Labute approximate surface area is 122 Å². The molecule has 0 aliphatic heterocycles. The molecule has 21 heavy (non-hydrogen) atoms. The molecule has 0 aliphatic rings. The zero-order valence-electron chi connectivity index (χ0n) is 11.9. The van der Waals surface area contributed by atoms with Crippen LogP contribution in [0.1, 0.15) is 24.5 Å². The highest BCUT2D eigenvalue weighted by atomic mass is 16.4. The van der Waals surface area contributed by atoms with E-state index in [1.165, 1.54) is 0 Å². The molecule has 1 atom stereocenters. The van der Waals surface area contributed by atoms with E-state index in [9.17, 15) is 5.11 Å². The van der Waals surface area contributed by atoms with E-state index in [4.69, 9.17) is 4.42 Å². The molecule has 0 spiro atoms. The molecule has 1 heterocycles. The molecule has 0 saturated carbocycles. The lowest BCUT2D eigenvalue weighted by Crippen LogP contribution is -2.10. The lowest BCUT2D eigenvalue weighted by atomic mass is 10.1. The fraction of sp³-hybridized carbons (Fsp3) is 0.176. The highest BCUT2D eigenvalue weighted by molar-refractivity contribution is 5.80. The van der Waals surface area contributed by atoms with Gasteiger partial charge < -0.3 is 9.52 Å². The van der Waals surface area contributed by atoms with Gasteiger partial charge in [0.1, 0.15) is 6.10 Å². The van der Waals surface area contributed by atoms with E-state index in [1.807, 2.05) is 55.5 Å². The minimum Gasteiger partial charge on any atom is -0.421 e. The highest BCUT2D eigenvalue weighted by Gasteiger charge is 2.11. The van der Waals surface area contributed by atoms with E-state index in [0.717, 1.165) is 22.2 Å². The van der Waals surface area contributed by atoms with Gasteiger partial charge in [-0.15, -0.1) is 0 Å².